The first-order chi connectivity index (χ1) is 15.4. The van der Waals surface area contributed by atoms with Crippen LogP contribution in [0.1, 0.15) is 27.4 Å². The Kier molecular flexibility index (Phi) is 6.57. The maximum absolute atomic E-state index is 13.1. The van der Waals surface area contributed by atoms with Crippen molar-refractivity contribution in [2.45, 2.75) is 20.1 Å². The number of ether oxygens (including phenoxy) is 1. The van der Waals surface area contributed by atoms with Crippen molar-refractivity contribution in [1.82, 2.24) is 14.9 Å². The van der Waals surface area contributed by atoms with Crippen molar-refractivity contribution in [2.24, 2.45) is 0 Å². The number of aryl methyl sites for hydroxylation is 1. The predicted molar refractivity (Wildman–Crippen MR) is 120 cm³/mol. The number of hydrogen-bond donors (Lipinski definition) is 1. The van der Waals surface area contributed by atoms with E-state index in [0.29, 0.717) is 38.9 Å². The van der Waals surface area contributed by atoms with E-state index in [1.54, 1.807) is 23.9 Å². The van der Waals surface area contributed by atoms with Crippen molar-refractivity contribution in [3.8, 4) is 5.75 Å². The minimum atomic E-state index is -0.497. The van der Waals surface area contributed by atoms with E-state index in [-0.39, 0.29) is 18.1 Å². The highest BCUT2D eigenvalue weighted by Gasteiger charge is 2.22. The van der Waals surface area contributed by atoms with Crippen molar-refractivity contribution >= 4 is 39.3 Å². The number of hydrogen-bond acceptors (Lipinski definition) is 5. The molecule has 7 nitrogen and oxygen atoms in total. The van der Waals surface area contributed by atoms with E-state index in [9.17, 15) is 9.18 Å². The van der Waals surface area contributed by atoms with Crippen LogP contribution in [0.2, 0.25) is 5.02 Å². The van der Waals surface area contributed by atoms with Gasteiger partial charge in [-0.3, -0.25) is 9.48 Å². The number of amides is 1. The fourth-order valence-corrected chi connectivity index (χ4v) is 3.57. The highest BCUT2D eigenvalue weighted by molar-refractivity contribution is 9.10. The average Bonchev–Trinajstić information content (AvgIpc) is 3.31. The lowest BCUT2D eigenvalue weighted by Crippen LogP contribution is -2.16. The molecule has 4 aromatic rings. The number of carbonyl (C=O) groups excluding carboxylic acids is 1. The summed E-state index contributed by atoms with van der Waals surface area (Å²) in [5, 5.41) is 11.6. The number of halogens is 3. The highest BCUT2D eigenvalue weighted by atomic mass is 79.9. The van der Waals surface area contributed by atoms with Crippen LogP contribution in [-0.4, -0.2) is 20.8 Å². The summed E-state index contributed by atoms with van der Waals surface area (Å²) in [5.74, 6) is 0.370. The standard InChI is InChI=1S/C22H17BrClFN4O3/c1-13-17(12-31-16-8-6-15(25)7-9-16)20(28-32-13)22(30)26-21-18(23)11-29(27-21)10-14-4-2-3-5-19(14)24/h2-9,11H,10,12H2,1H3,(H,26,27,30). The Bertz CT molecular complexity index is 1260. The third-order valence-electron chi connectivity index (χ3n) is 4.64. The van der Waals surface area contributed by atoms with Crippen molar-refractivity contribution in [2.75, 3.05) is 5.32 Å². The van der Waals surface area contributed by atoms with Crippen LogP contribution < -0.4 is 10.1 Å². The monoisotopic (exact) mass is 518 g/mol. The van der Waals surface area contributed by atoms with Crippen LogP contribution in [-0.2, 0) is 13.2 Å². The van der Waals surface area contributed by atoms with Crippen LogP contribution in [0, 0.1) is 12.7 Å². The molecule has 0 fully saturated rings. The molecule has 0 atom stereocenters. The summed E-state index contributed by atoms with van der Waals surface area (Å²) < 4.78 is 26.2. The summed E-state index contributed by atoms with van der Waals surface area (Å²) in [4.78, 5) is 12.8. The zero-order valence-electron chi connectivity index (χ0n) is 16.8. The average molecular weight is 520 g/mol. The molecular formula is C22H17BrClFN4O3. The molecule has 0 bridgehead atoms. The molecule has 0 radical (unpaired) electrons. The first-order valence-electron chi connectivity index (χ1n) is 9.52. The number of aromatic nitrogens is 3. The fourth-order valence-electron chi connectivity index (χ4n) is 2.96. The molecule has 2 aromatic carbocycles. The zero-order chi connectivity index (χ0) is 22.7. The Morgan fingerprint density at radius 1 is 1.25 bits per heavy atom. The highest BCUT2D eigenvalue weighted by Crippen LogP contribution is 2.24. The van der Waals surface area contributed by atoms with Gasteiger partial charge >= 0.3 is 0 Å². The van der Waals surface area contributed by atoms with Crippen LogP contribution >= 0.6 is 27.5 Å². The van der Waals surface area contributed by atoms with Crippen molar-refractivity contribution in [3.05, 3.63) is 92.6 Å². The molecule has 1 N–H and O–H groups in total. The normalized spacial score (nSPS) is 10.9. The van der Waals surface area contributed by atoms with Gasteiger partial charge in [0.2, 0.25) is 0 Å². The van der Waals surface area contributed by atoms with E-state index in [1.807, 2.05) is 18.2 Å². The number of nitrogens with zero attached hydrogens (tertiary/aromatic N) is 3. The van der Waals surface area contributed by atoms with E-state index < -0.39 is 5.91 Å². The number of carbonyl (C=O) groups is 1. The summed E-state index contributed by atoms with van der Waals surface area (Å²) >= 11 is 9.63. The second kappa shape index (κ2) is 9.54. The third kappa shape index (κ3) is 5.00. The number of rotatable bonds is 7. The molecule has 10 heteroatoms. The van der Waals surface area contributed by atoms with Gasteiger partial charge in [0.1, 0.15) is 23.9 Å². The molecule has 1 amide bonds. The molecule has 32 heavy (non-hydrogen) atoms. The minimum absolute atomic E-state index is 0.0336. The third-order valence-corrected chi connectivity index (χ3v) is 5.58. The zero-order valence-corrected chi connectivity index (χ0v) is 19.2. The van der Waals surface area contributed by atoms with Gasteiger partial charge in [0.25, 0.3) is 5.91 Å². The smallest absolute Gasteiger partial charge is 0.279 e. The first-order valence-corrected chi connectivity index (χ1v) is 10.7. The molecule has 0 unspecified atom stereocenters. The predicted octanol–water partition coefficient (Wildman–Crippen LogP) is 5.61. The first kappa shape index (κ1) is 22.0. The topological polar surface area (TPSA) is 82.2 Å². The molecule has 0 saturated heterocycles. The van der Waals surface area contributed by atoms with E-state index in [1.165, 1.54) is 24.3 Å². The van der Waals surface area contributed by atoms with Gasteiger partial charge in [0.05, 0.1) is 16.6 Å². The van der Waals surface area contributed by atoms with Crippen LogP contribution in [0.4, 0.5) is 10.2 Å². The number of anilines is 1. The Balaban J connectivity index is 1.47. The van der Waals surface area contributed by atoms with Crippen LogP contribution in [0.3, 0.4) is 0 Å². The van der Waals surface area contributed by atoms with Gasteiger partial charge in [0.15, 0.2) is 11.5 Å². The molecule has 0 aliphatic rings. The van der Waals surface area contributed by atoms with Crippen molar-refractivity contribution in [1.29, 1.82) is 0 Å². The Labute approximate surface area is 196 Å². The molecule has 164 valence electrons. The van der Waals surface area contributed by atoms with Crippen LogP contribution in [0.5, 0.6) is 5.75 Å². The second-order valence-corrected chi connectivity index (χ2v) is 8.14. The summed E-state index contributed by atoms with van der Waals surface area (Å²) in [6, 6.07) is 13.0. The Hall–Kier alpha value is -3.17. The largest absolute Gasteiger partial charge is 0.489 e. The lowest BCUT2D eigenvalue weighted by Gasteiger charge is -2.07. The number of benzene rings is 2. The maximum Gasteiger partial charge on any atom is 0.279 e. The molecule has 0 aliphatic carbocycles. The molecule has 4 rings (SSSR count). The van der Waals surface area contributed by atoms with Gasteiger partial charge in [0, 0.05) is 11.2 Å². The summed E-state index contributed by atoms with van der Waals surface area (Å²) in [7, 11) is 0. The van der Waals surface area contributed by atoms with Gasteiger partial charge in [-0.15, -0.1) is 0 Å². The van der Waals surface area contributed by atoms with Gasteiger partial charge in [-0.2, -0.15) is 5.10 Å². The van der Waals surface area contributed by atoms with Crippen molar-refractivity contribution in [3.63, 3.8) is 0 Å². The van der Waals surface area contributed by atoms with Crippen LogP contribution in [0.15, 0.2) is 63.7 Å². The number of nitrogens with one attached hydrogen (secondary N) is 1. The molecule has 2 heterocycles. The van der Waals surface area contributed by atoms with Crippen molar-refractivity contribution < 1.29 is 18.4 Å². The maximum atomic E-state index is 13.1. The van der Waals surface area contributed by atoms with E-state index in [4.69, 9.17) is 20.9 Å². The Morgan fingerprint density at radius 2 is 2.00 bits per heavy atom. The molecular weight excluding hydrogens is 503 g/mol. The quantitative estimate of drug-likeness (QED) is 0.343. The minimum Gasteiger partial charge on any atom is -0.489 e. The summed E-state index contributed by atoms with van der Waals surface area (Å²) in [6.45, 7) is 2.15. The molecule has 0 saturated carbocycles. The molecule has 2 aromatic heterocycles. The second-order valence-electron chi connectivity index (χ2n) is 6.88. The van der Waals surface area contributed by atoms with Gasteiger partial charge in [-0.25, -0.2) is 4.39 Å². The lowest BCUT2D eigenvalue weighted by molar-refractivity contribution is 0.101. The van der Waals surface area contributed by atoms with Crippen LogP contribution in [0.25, 0.3) is 0 Å². The summed E-state index contributed by atoms with van der Waals surface area (Å²) in [6.07, 6.45) is 1.74. The van der Waals surface area contributed by atoms with E-state index in [2.05, 4.69) is 31.5 Å². The molecule has 0 spiro atoms. The van der Waals surface area contributed by atoms with Gasteiger partial charge in [-0.05, 0) is 58.7 Å². The van der Waals surface area contributed by atoms with Gasteiger partial charge < -0.3 is 14.6 Å². The lowest BCUT2D eigenvalue weighted by atomic mass is 10.2. The summed E-state index contributed by atoms with van der Waals surface area (Å²) in [5.41, 5.74) is 1.46. The fraction of sp³-hybridized carbons (Fsp3) is 0.136. The SMILES string of the molecule is Cc1onc(C(=O)Nc2nn(Cc3ccccc3Cl)cc2Br)c1COc1ccc(F)cc1. The van der Waals surface area contributed by atoms with Gasteiger partial charge in [-0.1, -0.05) is 35.0 Å². The molecule has 0 aliphatic heterocycles. The van der Waals surface area contributed by atoms with E-state index >= 15 is 0 Å². The Morgan fingerprint density at radius 3 is 2.75 bits per heavy atom. The van der Waals surface area contributed by atoms with E-state index in [0.717, 1.165) is 5.56 Å².